The number of nitrogens with zero attached hydrogens (tertiary/aromatic N) is 1. The van der Waals surface area contributed by atoms with E-state index in [4.69, 9.17) is 21.1 Å². The highest BCUT2D eigenvalue weighted by atomic mass is 35.5. The predicted molar refractivity (Wildman–Crippen MR) is 120 cm³/mol. The molecule has 0 fully saturated rings. The highest BCUT2D eigenvalue weighted by molar-refractivity contribution is 6.39. The van der Waals surface area contributed by atoms with Crippen LogP contribution >= 0.6 is 11.6 Å². The molecule has 3 aromatic carbocycles. The molecule has 0 aliphatic carbocycles. The summed E-state index contributed by atoms with van der Waals surface area (Å²) in [6.45, 7) is 0. The van der Waals surface area contributed by atoms with Crippen LogP contribution < -0.4 is 20.2 Å². The zero-order valence-corrected chi connectivity index (χ0v) is 17.6. The summed E-state index contributed by atoms with van der Waals surface area (Å²) in [6, 6.07) is 19.6. The molecule has 0 spiro atoms. The topological polar surface area (TPSA) is 106 Å². The maximum absolute atomic E-state index is 12.2. The van der Waals surface area contributed by atoms with Gasteiger partial charge in [0.05, 0.1) is 18.9 Å². The number of halogens is 1. The number of ether oxygens (including phenoxy) is 2. The molecule has 3 aromatic rings. The maximum atomic E-state index is 12.2. The molecule has 3 rings (SSSR count). The van der Waals surface area contributed by atoms with Crippen molar-refractivity contribution in [2.45, 2.75) is 0 Å². The number of hydrazone groups is 1. The average molecular weight is 452 g/mol. The maximum Gasteiger partial charge on any atom is 0.343 e. The van der Waals surface area contributed by atoms with Crippen molar-refractivity contribution in [2.24, 2.45) is 5.10 Å². The molecule has 8 nitrogen and oxygen atoms in total. The van der Waals surface area contributed by atoms with Crippen molar-refractivity contribution >= 4 is 41.3 Å². The number of hydrogen-bond acceptors (Lipinski definition) is 6. The Kier molecular flexibility index (Phi) is 7.55. The van der Waals surface area contributed by atoms with Gasteiger partial charge in [-0.1, -0.05) is 29.8 Å². The molecule has 0 aliphatic heterocycles. The van der Waals surface area contributed by atoms with Gasteiger partial charge in [-0.3, -0.25) is 9.59 Å². The number of hydrogen-bond donors (Lipinski definition) is 2. The quantitative estimate of drug-likeness (QED) is 0.195. The summed E-state index contributed by atoms with van der Waals surface area (Å²) >= 11 is 5.78. The van der Waals surface area contributed by atoms with Crippen molar-refractivity contribution in [3.05, 3.63) is 88.9 Å². The Labute approximate surface area is 188 Å². The summed E-state index contributed by atoms with van der Waals surface area (Å²) in [6.07, 6.45) is 1.32. The van der Waals surface area contributed by atoms with Gasteiger partial charge in [0.2, 0.25) is 0 Å². The van der Waals surface area contributed by atoms with Gasteiger partial charge in [0.25, 0.3) is 0 Å². The highest BCUT2D eigenvalue weighted by Crippen LogP contribution is 2.28. The third kappa shape index (κ3) is 6.16. The minimum absolute atomic E-state index is 0.227. The smallest absolute Gasteiger partial charge is 0.343 e. The Hall–Kier alpha value is -4.17. The highest BCUT2D eigenvalue weighted by Gasteiger charge is 2.14. The summed E-state index contributed by atoms with van der Waals surface area (Å²) in [7, 11) is 1.43. The minimum atomic E-state index is -0.948. The lowest BCUT2D eigenvalue weighted by Crippen LogP contribution is -2.32. The Balaban J connectivity index is 1.59. The lowest BCUT2D eigenvalue weighted by molar-refractivity contribution is -0.136. The molecule has 0 saturated heterocycles. The van der Waals surface area contributed by atoms with Crippen LogP contribution in [0.25, 0.3) is 0 Å². The molecule has 162 valence electrons. The van der Waals surface area contributed by atoms with Crippen molar-refractivity contribution in [1.29, 1.82) is 0 Å². The molecular formula is C23H18ClN3O5. The third-order valence-electron chi connectivity index (χ3n) is 4.09. The van der Waals surface area contributed by atoms with E-state index in [0.717, 1.165) is 0 Å². The van der Waals surface area contributed by atoms with Crippen LogP contribution in [0.1, 0.15) is 15.9 Å². The molecular weight excluding hydrogens is 434 g/mol. The van der Waals surface area contributed by atoms with Crippen LogP contribution in [0.15, 0.2) is 77.9 Å². The number of anilines is 1. The fraction of sp³-hybridized carbons (Fsp3) is 0.0435. The van der Waals surface area contributed by atoms with Gasteiger partial charge in [-0.25, -0.2) is 10.2 Å². The van der Waals surface area contributed by atoms with Crippen molar-refractivity contribution in [3.63, 3.8) is 0 Å². The molecule has 0 aliphatic rings. The Morgan fingerprint density at radius 2 is 1.62 bits per heavy atom. The molecule has 0 aromatic heterocycles. The van der Waals surface area contributed by atoms with Crippen LogP contribution in [0.2, 0.25) is 5.02 Å². The van der Waals surface area contributed by atoms with Crippen LogP contribution in [0, 0.1) is 0 Å². The number of esters is 1. The minimum Gasteiger partial charge on any atom is -0.493 e. The standard InChI is InChI=1S/C23H18ClN3O5/c1-31-20-13-15(7-12-19(20)32-23(30)16-5-3-2-4-6-16)14-25-27-22(29)21(28)26-18-10-8-17(24)9-11-18/h2-14H,1H3,(H,26,28)(H,27,29)/b25-14-. The van der Waals surface area contributed by atoms with Crippen LogP contribution in [0.3, 0.4) is 0 Å². The van der Waals surface area contributed by atoms with E-state index in [1.54, 1.807) is 66.7 Å². The monoisotopic (exact) mass is 451 g/mol. The van der Waals surface area contributed by atoms with Gasteiger partial charge in [-0.2, -0.15) is 5.10 Å². The second-order valence-electron chi connectivity index (χ2n) is 6.33. The normalized spacial score (nSPS) is 10.4. The van der Waals surface area contributed by atoms with Crippen molar-refractivity contribution < 1.29 is 23.9 Å². The Bertz CT molecular complexity index is 1150. The van der Waals surface area contributed by atoms with Gasteiger partial charge in [0, 0.05) is 10.7 Å². The molecule has 0 radical (unpaired) electrons. The Morgan fingerprint density at radius 1 is 0.906 bits per heavy atom. The fourth-order valence-corrected chi connectivity index (χ4v) is 2.65. The summed E-state index contributed by atoms with van der Waals surface area (Å²) in [5, 5.41) is 6.69. The lowest BCUT2D eigenvalue weighted by atomic mass is 10.2. The zero-order chi connectivity index (χ0) is 22.9. The first-order valence-electron chi connectivity index (χ1n) is 9.31. The molecule has 0 bridgehead atoms. The molecule has 0 heterocycles. The van der Waals surface area contributed by atoms with E-state index in [9.17, 15) is 14.4 Å². The summed E-state index contributed by atoms with van der Waals surface area (Å²) in [5.74, 6) is -1.83. The van der Waals surface area contributed by atoms with E-state index < -0.39 is 17.8 Å². The van der Waals surface area contributed by atoms with Crippen LogP contribution in [-0.2, 0) is 9.59 Å². The number of nitrogens with one attached hydrogen (secondary N) is 2. The molecule has 0 saturated carbocycles. The average Bonchev–Trinajstić information content (AvgIpc) is 2.81. The predicted octanol–water partition coefficient (Wildman–Crippen LogP) is 3.66. The number of carbonyl (C=O) groups excluding carboxylic acids is 3. The summed E-state index contributed by atoms with van der Waals surface area (Å²) < 4.78 is 10.6. The van der Waals surface area contributed by atoms with Crippen LogP contribution in [0.5, 0.6) is 11.5 Å². The van der Waals surface area contributed by atoms with E-state index in [1.807, 2.05) is 0 Å². The fourth-order valence-electron chi connectivity index (χ4n) is 2.52. The van der Waals surface area contributed by atoms with E-state index in [1.165, 1.54) is 19.4 Å². The largest absolute Gasteiger partial charge is 0.493 e. The van der Waals surface area contributed by atoms with E-state index >= 15 is 0 Å². The number of rotatable bonds is 6. The molecule has 0 unspecified atom stereocenters. The first-order valence-corrected chi connectivity index (χ1v) is 9.69. The second-order valence-corrected chi connectivity index (χ2v) is 6.76. The molecule has 0 atom stereocenters. The van der Waals surface area contributed by atoms with Crippen molar-refractivity contribution in [2.75, 3.05) is 12.4 Å². The number of methoxy groups -OCH3 is 1. The van der Waals surface area contributed by atoms with Crippen molar-refractivity contribution in [3.8, 4) is 11.5 Å². The number of amides is 2. The van der Waals surface area contributed by atoms with Gasteiger partial charge in [0.15, 0.2) is 11.5 Å². The van der Waals surface area contributed by atoms with Gasteiger partial charge in [-0.05, 0) is 60.2 Å². The second kappa shape index (κ2) is 10.7. The van der Waals surface area contributed by atoms with Gasteiger partial charge in [-0.15, -0.1) is 0 Å². The summed E-state index contributed by atoms with van der Waals surface area (Å²) in [5.41, 5.74) is 3.50. The van der Waals surface area contributed by atoms with Gasteiger partial charge < -0.3 is 14.8 Å². The zero-order valence-electron chi connectivity index (χ0n) is 16.9. The van der Waals surface area contributed by atoms with Gasteiger partial charge >= 0.3 is 17.8 Å². The van der Waals surface area contributed by atoms with Crippen LogP contribution in [0.4, 0.5) is 5.69 Å². The molecule has 32 heavy (non-hydrogen) atoms. The third-order valence-corrected chi connectivity index (χ3v) is 4.34. The van der Waals surface area contributed by atoms with Crippen molar-refractivity contribution in [1.82, 2.24) is 5.43 Å². The van der Waals surface area contributed by atoms with Crippen LogP contribution in [-0.4, -0.2) is 31.1 Å². The molecule has 2 amide bonds. The van der Waals surface area contributed by atoms with E-state index in [2.05, 4.69) is 15.8 Å². The summed E-state index contributed by atoms with van der Waals surface area (Å²) in [4.78, 5) is 36.0. The SMILES string of the molecule is COc1cc(/C=N\NC(=O)C(=O)Nc2ccc(Cl)cc2)ccc1OC(=O)c1ccccc1. The number of carbonyl (C=O) groups is 3. The first-order chi connectivity index (χ1) is 15.5. The number of benzene rings is 3. The first kappa shape index (κ1) is 22.5. The lowest BCUT2D eigenvalue weighted by Gasteiger charge is -2.10. The molecule has 2 N–H and O–H groups in total. The van der Waals surface area contributed by atoms with Gasteiger partial charge in [0.1, 0.15) is 0 Å². The van der Waals surface area contributed by atoms with E-state index in [-0.39, 0.29) is 5.75 Å². The molecule has 9 heteroatoms. The van der Waals surface area contributed by atoms with E-state index in [0.29, 0.717) is 27.6 Å². The Morgan fingerprint density at radius 3 is 2.31 bits per heavy atom.